The molecular formula is C17H7Cl2F4NO2. The lowest BCUT2D eigenvalue weighted by atomic mass is 10.1. The van der Waals surface area contributed by atoms with Crippen molar-refractivity contribution in [1.29, 1.82) is 0 Å². The van der Waals surface area contributed by atoms with E-state index in [0.717, 1.165) is 24.3 Å². The fraction of sp³-hybridized carbons (Fsp3) is 0.0588. The molecule has 9 heteroatoms. The molecule has 2 amide bonds. The summed E-state index contributed by atoms with van der Waals surface area (Å²) in [5.41, 5.74) is -1.57. The molecule has 0 saturated heterocycles. The van der Waals surface area contributed by atoms with Gasteiger partial charge in [-0.2, -0.15) is 13.2 Å². The smallest absolute Gasteiger partial charge is 0.268 e. The van der Waals surface area contributed by atoms with Crippen molar-refractivity contribution in [2.75, 3.05) is 4.90 Å². The number of carbonyl (C=O) groups excluding carboxylic acids is 2. The number of carbonyl (C=O) groups is 2. The Morgan fingerprint density at radius 2 is 1.50 bits per heavy atom. The minimum atomic E-state index is -4.77. The lowest BCUT2D eigenvalue weighted by Gasteiger charge is -2.17. The van der Waals surface area contributed by atoms with E-state index in [1.54, 1.807) is 0 Å². The highest BCUT2D eigenvalue weighted by Crippen LogP contribution is 2.40. The number of hydrogen-bond donors (Lipinski definition) is 0. The first-order valence-electron chi connectivity index (χ1n) is 7.02. The molecule has 0 radical (unpaired) electrons. The molecule has 26 heavy (non-hydrogen) atoms. The zero-order chi connectivity index (χ0) is 19.2. The van der Waals surface area contributed by atoms with Gasteiger partial charge in [0.2, 0.25) is 0 Å². The second-order valence-electron chi connectivity index (χ2n) is 5.30. The van der Waals surface area contributed by atoms with Crippen LogP contribution in [0.2, 0.25) is 5.02 Å². The highest BCUT2D eigenvalue weighted by atomic mass is 35.5. The first kappa shape index (κ1) is 18.4. The van der Waals surface area contributed by atoms with E-state index in [-0.39, 0.29) is 16.8 Å². The Hall–Kier alpha value is -2.38. The molecule has 1 aliphatic rings. The largest absolute Gasteiger partial charge is 0.417 e. The van der Waals surface area contributed by atoms with Gasteiger partial charge in [-0.3, -0.25) is 9.59 Å². The molecule has 0 fully saturated rings. The third kappa shape index (κ3) is 3.08. The summed E-state index contributed by atoms with van der Waals surface area (Å²) >= 11 is 11.5. The predicted molar refractivity (Wildman–Crippen MR) is 88.1 cm³/mol. The molecule has 0 aliphatic carbocycles. The topological polar surface area (TPSA) is 37.4 Å². The average Bonchev–Trinajstić information content (AvgIpc) is 2.78. The van der Waals surface area contributed by atoms with E-state index in [9.17, 15) is 27.2 Å². The van der Waals surface area contributed by atoms with Crippen molar-refractivity contribution in [2.24, 2.45) is 0 Å². The molecule has 0 spiro atoms. The van der Waals surface area contributed by atoms with E-state index >= 15 is 0 Å². The van der Waals surface area contributed by atoms with Gasteiger partial charge >= 0.3 is 6.18 Å². The first-order valence-corrected chi connectivity index (χ1v) is 7.78. The van der Waals surface area contributed by atoms with Gasteiger partial charge in [-0.25, -0.2) is 9.29 Å². The third-order valence-corrected chi connectivity index (χ3v) is 4.35. The van der Waals surface area contributed by atoms with Crippen LogP contribution in [-0.4, -0.2) is 11.8 Å². The lowest BCUT2D eigenvalue weighted by molar-refractivity contribution is -0.137. The van der Waals surface area contributed by atoms with Gasteiger partial charge in [0.25, 0.3) is 11.8 Å². The van der Waals surface area contributed by atoms with Crippen molar-refractivity contribution in [2.45, 2.75) is 6.18 Å². The molecule has 0 bridgehead atoms. The van der Waals surface area contributed by atoms with E-state index < -0.39 is 39.4 Å². The Morgan fingerprint density at radius 1 is 0.885 bits per heavy atom. The molecule has 1 heterocycles. The van der Waals surface area contributed by atoms with Crippen LogP contribution < -0.4 is 4.90 Å². The highest BCUT2D eigenvalue weighted by Gasteiger charge is 2.41. The molecule has 1 aliphatic heterocycles. The van der Waals surface area contributed by atoms with Crippen molar-refractivity contribution in [3.8, 4) is 0 Å². The van der Waals surface area contributed by atoms with Crippen LogP contribution in [0.4, 0.5) is 23.2 Å². The molecule has 134 valence electrons. The number of halogens is 6. The Morgan fingerprint density at radius 3 is 2.08 bits per heavy atom. The van der Waals surface area contributed by atoms with Crippen molar-refractivity contribution in [3.63, 3.8) is 0 Å². The van der Waals surface area contributed by atoms with Gasteiger partial charge in [0.05, 0.1) is 21.8 Å². The van der Waals surface area contributed by atoms with Crippen LogP contribution in [0.25, 0.3) is 5.57 Å². The number of amides is 2. The van der Waals surface area contributed by atoms with Gasteiger partial charge in [-0.05, 0) is 35.9 Å². The molecule has 0 N–H and O–H groups in total. The van der Waals surface area contributed by atoms with E-state index in [0.29, 0.717) is 11.0 Å². The van der Waals surface area contributed by atoms with Crippen LogP contribution in [0.1, 0.15) is 11.1 Å². The predicted octanol–water partition coefficient (Wildman–Crippen LogP) is 5.02. The number of benzene rings is 2. The maximum absolute atomic E-state index is 13.0. The number of anilines is 1. The molecule has 2 aromatic carbocycles. The number of hydrogen-bond acceptors (Lipinski definition) is 2. The summed E-state index contributed by atoms with van der Waals surface area (Å²) in [7, 11) is 0. The molecule has 3 rings (SSSR count). The number of alkyl halides is 3. The Bertz CT molecular complexity index is 952. The van der Waals surface area contributed by atoms with Gasteiger partial charge in [0.1, 0.15) is 10.8 Å². The minimum absolute atomic E-state index is 0.169. The zero-order valence-corrected chi connectivity index (χ0v) is 14.1. The Balaban J connectivity index is 2.06. The second-order valence-corrected chi connectivity index (χ2v) is 6.09. The third-order valence-electron chi connectivity index (χ3n) is 3.67. The molecule has 3 nitrogen and oxygen atoms in total. The first-order chi connectivity index (χ1) is 12.1. The standard InChI is InChI=1S/C17H7Cl2F4NO2/c18-12-6-5-10(7-11(12)17(21,22)23)24-15(25)13(14(19)16(24)26)8-1-3-9(20)4-2-8/h1-7H. The maximum Gasteiger partial charge on any atom is 0.417 e. The van der Waals surface area contributed by atoms with Crippen LogP contribution in [0.5, 0.6) is 0 Å². The van der Waals surface area contributed by atoms with Crippen molar-refractivity contribution >= 4 is 46.3 Å². The van der Waals surface area contributed by atoms with Gasteiger partial charge in [-0.1, -0.05) is 35.3 Å². The molecule has 0 saturated carbocycles. The average molecular weight is 404 g/mol. The molecule has 0 atom stereocenters. The summed E-state index contributed by atoms with van der Waals surface area (Å²) < 4.78 is 52.1. The fourth-order valence-electron chi connectivity index (χ4n) is 2.47. The Kier molecular flexibility index (Phi) is 4.54. The molecule has 2 aromatic rings. The fourth-order valence-corrected chi connectivity index (χ4v) is 2.97. The Labute approximate surface area is 154 Å². The van der Waals surface area contributed by atoms with Gasteiger partial charge in [-0.15, -0.1) is 0 Å². The van der Waals surface area contributed by atoms with Gasteiger partial charge in [0.15, 0.2) is 0 Å². The van der Waals surface area contributed by atoms with E-state index in [2.05, 4.69) is 0 Å². The van der Waals surface area contributed by atoms with E-state index in [4.69, 9.17) is 23.2 Å². The zero-order valence-electron chi connectivity index (χ0n) is 12.6. The summed E-state index contributed by atoms with van der Waals surface area (Å²) in [5.74, 6) is -2.46. The quantitative estimate of drug-likeness (QED) is 0.521. The number of rotatable bonds is 2. The summed E-state index contributed by atoms with van der Waals surface area (Å²) in [4.78, 5) is 25.5. The van der Waals surface area contributed by atoms with E-state index in [1.165, 1.54) is 12.1 Å². The molecule has 0 aromatic heterocycles. The van der Waals surface area contributed by atoms with Crippen LogP contribution in [0.3, 0.4) is 0 Å². The molecular weight excluding hydrogens is 397 g/mol. The maximum atomic E-state index is 13.0. The minimum Gasteiger partial charge on any atom is -0.268 e. The van der Waals surface area contributed by atoms with E-state index in [1.807, 2.05) is 0 Å². The van der Waals surface area contributed by atoms with Crippen molar-refractivity contribution in [1.82, 2.24) is 0 Å². The molecule has 0 unspecified atom stereocenters. The van der Waals surface area contributed by atoms with Crippen LogP contribution in [0, 0.1) is 5.82 Å². The number of imide groups is 1. The SMILES string of the molecule is O=C1C(Cl)=C(c2ccc(F)cc2)C(=O)N1c1ccc(Cl)c(C(F)(F)F)c1. The summed E-state index contributed by atoms with van der Waals surface area (Å²) in [5, 5.41) is -1.04. The van der Waals surface area contributed by atoms with Crippen LogP contribution in [-0.2, 0) is 15.8 Å². The summed E-state index contributed by atoms with van der Waals surface area (Å²) in [6.45, 7) is 0. The normalized spacial score (nSPS) is 15.2. The summed E-state index contributed by atoms with van der Waals surface area (Å²) in [6, 6.07) is 7.24. The highest BCUT2D eigenvalue weighted by molar-refractivity contribution is 6.60. The monoisotopic (exact) mass is 403 g/mol. The van der Waals surface area contributed by atoms with Crippen molar-refractivity contribution < 1.29 is 27.2 Å². The van der Waals surface area contributed by atoms with Gasteiger partial charge < -0.3 is 0 Å². The summed E-state index contributed by atoms with van der Waals surface area (Å²) in [6.07, 6.45) is -4.77. The van der Waals surface area contributed by atoms with Crippen molar-refractivity contribution in [3.05, 3.63) is 69.5 Å². The van der Waals surface area contributed by atoms with Gasteiger partial charge in [0, 0.05) is 0 Å². The second kappa shape index (κ2) is 6.41. The lowest BCUT2D eigenvalue weighted by Crippen LogP contribution is -2.31. The number of nitrogens with zero attached hydrogens (tertiary/aromatic N) is 1. The van der Waals surface area contributed by atoms with Crippen LogP contribution >= 0.6 is 23.2 Å². The van der Waals surface area contributed by atoms with Crippen LogP contribution in [0.15, 0.2) is 47.5 Å².